The highest BCUT2D eigenvalue weighted by Crippen LogP contribution is 2.21. The van der Waals surface area contributed by atoms with Crippen molar-refractivity contribution in [1.82, 2.24) is 19.8 Å². The van der Waals surface area contributed by atoms with Gasteiger partial charge in [-0.1, -0.05) is 17.3 Å². The summed E-state index contributed by atoms with van der Waals surface area (Å²) >= 11 is 0. The van der Waals surface area contributed by atoms with Gasteiger partial charge >= 0.3 is 0 Å². The average molecular weight is 255 g/mol. The van der Waals surface area contributed by atoms with Crippen LogP contribution in [0, 0.1) is 0 Å². The van der Waals surface area contributed by atoms with Gasteiger partial charge in [-0.2, -0.15) is 0 Å². The molecule has 3 aromatic heterocycles. The third-order valence-corrected chi connectivity index (χ3v) is 2.73. The molecule has 0 aromatic carbocycles. The molecule has 0 radical (unpaired) electrons. The normalized spacial score (nSPS) is 10.8. The Morgan fingerprint density at radius 1 is 1.16 bits per heavy atom. The Morgan fingerprint density at radius 2 is 2.11 bits per heavy atom. The highest BCUT2D eigenvalue weighted by Gasteiger charge is 2.09. The first-order valence-corrected chi connectivity index (χ1v) is 6.01. The van der Waals surface area contributed by atoms with Crippen LogP contribution in [0.25, 0.3) is 16.9 Å². The van der Waals surface area contributed by atoms with Gasteiger partial charge in [0.1, 0.15) is 11.5 Å². The Bertz CT molecular complexity index is 694. The number of nitrogens with one attached hydrogen (secondary N) is 1. The first-order chi connectivity index (χ1) is 9.38. The van der Waals surface area contributed by atoms with Crippen molar-refractivity contribution >= 4 is 11.3 Å². The number of hydrogen-bond acceptors (Lipinski definition) is 5. The summed E-state index contributed by atoms with van der Waals surface area (Å²) in [5.74, 6) is 0.712. The molecule has 0 aliphatic heterocycles. The Labute approximate surface area is 109 Å². The van der Waals surface area contributed by atoms with E-state index in [0.29, 0.717) is 12.4 Å². The lowest BCUT2D eigenvalue weighted by Gasteiger charge is -2.04. The number of fused-ring (bicyclic) bond motifs is 1. The van der Waals surface area contributed by atoms with Gasteiger partial charge in [0, 0.05) is 12.7 Å². The molecule has 2 N–H and O–H groups in total. The zero-order chi connectivity index (χ0) is 13.1. The average Bonchev–Trinajstić information content (AvgIpc) is 2.89. The molecule has 0 unspecified atom stereocenters. The molecule has 3 aromatic rings. The van der Waals surface area contributed by atoms with Gasteiger partial charge in [0.05, 0.1) is 17.8 Å². The molecule has 0 amide bonds. The third kappa shape index (κ3) is 2.25. The molecule has 3 rings (SSSR count). The molecule has 0 saturated heterocycles. The summed E-state index contributed by atoms with van der Waals surface area (Å²) in [4.78, 5) is 4.46. The number of aromatic nitrogens is 4. The van der Waals surface area contributed by atoms with Crippen LogP contribution >= 0.6 is 0 Å². The summed E-state index contributed by atoms with van der Waals surface area (Å²) in [7, 11) is 0. The fourth-order valence-electron chi connectivity index (χ4n) is 1.88. The van der Waals surface area contributed by atoms with Gasteiger partial charge in [-0.25, -0.2) is 9.50 Å². The first kappa shape index (κ1) is 11.6. The van der Waals surface area contributed by atoms with Crippen LogP contribution in [-0.4, -0.2) is 38.1 Å². The number of aliphatic hydroxyl groups excluding tert-OH is 1. The van der Waals surface area contributed by atoms with Crippen LogP contribution in [-0.2, 0) is 0 Å². The largest absolute Gasteiger partial charge is 0.395 e. The zero-order valence-electron chi connectivity index (χ0n) is 10.2. The SMILES string of the molecule is OCCNc1cccc(-c2nnn3ccccc23)n1. The zero-order valence-corrected chi connectivity index (χ0v) is 10.2. The minimum Gasteiger partial charge on any atom is -0.395 e. The van der Waals surface area contributed by atoms with E-state index < -0.39 is 0 Å². The van der Waals surface area contributed by atoms with Gasteiger partial charge in [-0.3, -0.25) is 0 Å². The van der Waals surface area contributed by atoms with Crippen LogP contribution in [0.1, 0.15) is 0 Å². The molecular weight excluding hydrogens is 242 g/mol. The summed E-state index contributed by atoms with van der Waals surface area (Å²) in [6.45, 7) is 0.541. The van der Waals surface area contributed by atoms with Crippen molar-refractivity contribution in [3.8, 4) is 11.4 Å². The number of anilines is 1. The monoisotopic (exact) mass is 255 g/mol. The second-order valence-corrected chi connectivity index (χ2v) is 4.03. The molecule has 0 saturated carbocycles. The van der Waals surface area contributed by atoms with Crippen molar-refractivity contribution in [3.63, 3.8) is 0 Å². The highest BCUT2D eigenvalue weighted by molar-refractivity contribution is 5.74. The van der Waals surface area contributed by atoms with Crippen LogP contribution in [0.3, 0.4) is 0 Å². The molecule has 19 heavy (non-hydrogen) atoms. The molecule has 0 atom stereocenters. The van der Waals surface area contributed by atoms with Crippen molar-refractivity contribution in [2.75, 3.05) is 18.5 Å². The van der Waals surface area contributed by atoms with Crippen molar-refractivity contribution in [2.45, 2.75) is 0 Å². The molecular formula is C13H13N5O. The molecule has 0 aliphatic carbocycles. The van der Waals surface area contributed by atoms with E-state index in [1.807, 2.05) is 42.6 Å². The van der Waals surface area contributed by atoms with Crippen LogP contribution in [0.5, 0.6) is 0 Å². The minimum atomic E-state index is 0.0703. The fraction of sp³-hybridized carbons (Fsp3) is 0.154. The van der Waals surface area contributed by atoms with Crippen LogP contribution in [0.15, 0.2) is 42.6 Å². The van der Waals surface area contributed by atoms with Gasteiger partial charge in [-0.05, 0) is 24.3 Å². The molecule has 3 heterocycles. The fourth-order valence-corrected chi connectivity index (χ4v) is 1.88. The standard InChI is InChI=1S/C13H13N5O/c19-9-7-14-12-6-3-4-10(15-12)13-11-5-1-2-8-18(11)17-16-13/h1-6,8,19H,7,9H2,(H,14,15). The van der Waals surface area contributed by atoms with Crippen LogP contribution in [0.2, 0.25) is 0 Å². The molecule has 0 bridgehead atoms. The van der Waals surface area contributed by atoms with E-state index in [2.05, 4.69) is 20.6 Å². The van der Waals surface area contributed by atoms with Crippen molar-refractivity contribution < 1.29 is 5.11 Å². The summed E-state index contributed by atoms with van der Waals surface area (Å²) < 4.78 is 1.71. The number of aliphatic hydroxyl groups is 1. The Balaban J connectivity index is 2.01. The van der Waals surface area contributed by atoms with Gasteiger partial charge < -0.3 is 10.4 Å². The van der Waals surface area contributed by atoms with E-state index in [4.69, 9.17) is 5.11 Å². The molecule has 0 spiro atoms. The van der Waals surface area contributed by atoms with E-state index in [-0.39, 0.29) is 6.61 Å². The lowest BCUT2D eigenvalue weighted by atomic mass is 10.2. The van der Waals surface area contributed by atoms with Crippen molar-refractivity contribution in [3.05, 3.63) is 42.6 Å². The predicted octanol–water partition coefficient (Wildman–Crippen LogP) is 1.20. The molecule has 6 nitrogen and oxygen atoms in total. The minimum absolute atomic E-state index is 0.0703. The first-order valence-electron chi connectivity index (χ1n) is 6.01. The smallest absolute Gasteiger partial charge is 0.139 e. The maximum atomic E-state index is 8.81. The van der Waals surface area contributed by atoms with E-state index >= 15 is 0 Å². The summed E-state index contributed by atoms with van der Waals surface area (Å²) in [6, 6.07) is 11.4. The molecule has 96 valence electrons. The lowest BCUT2D eigenvalue weighted by molar-refractivity contribution is 0.311. The Kier molecular flexibility index (Phi) is 3.07. The summed E-state index contributed by atoms with van der Waals surface area (Å²) in [6.07, 6.45) is 1.85. The summed E-state index contributed by atoms with van der Waals surface area (Å²) in [5.41, 5.74) is 2.41. The van der Waals surface area contributed by atoms with Gasteiger partial charge in [0.25, 0.3) is 0 Å². The maximum Gasteiger partial charge on any atom is 0.139 e. The number of pyridine rings is 2. The third-order valence-electron chi connectivity index (χ3n) is 2.73. The quantitative estimate of drug-likeness (QED) is 0.732. The van der Waals surface area contributed by atoms with Crippen molar-refractivity contribution in [2.24, 2.45) is 0 Å². The highest BCUT2D eigenvalue weighted by atomic mass is 16.3. The van der Waals surface area contributed by atoms with Crippen LogP contribution < -0.4 is 5.32 Å². The lowest BCUT2D eigenvalue weighted by Crippen LogP contribution is -2.06. The number of rotatable bonds is 4. The number of nitrogens with zero attached hydrogens (tertiary/aromatic N) is 4. The van der Waals surface area contributed by atoms with Gasteiger partial charge in [0.15, 0.2) is 0 Å². The van der Waals surface area contributed by atoms with E-state index in [1.54, 1.807) is 4.52 Å². The topological polar surface area (TPSA) is 75.3 Å². The Hall–Kier alpha value is -2.47. The van der Waals surface area contributed by atoms with Crippen molar-refractivity contribution in [1.29, 1.82) is 0 Å². The number of hydrogen-bond donors (Lipinski definition) is 2. The van der Waals surface area contributed by atoms with Gasteiger partial charge in [0.2, 0.25) is 0 Å². The van der Waals surface area contributed by atoms with E-state index in [1.165, 1.54) is 0 Å². The van der Waals surface area contributed by atoms with E-state index in [9.17, 15) is 0 Å². The molecule has 0 aliphatic rings. The van der Waals surface area contributed by atoms with Gasteiger partial charge in [-0.15, -0.1) is 5.10 Å². The second-order valence-electron chi connectivity index (χ2n) is 4.03. The summed E-state index contributed by atoms with van der Waals surface area (Å²) in [5, 5.41) is 20.0. The predicted molar refractivity (Wildman–Crippen MR) is 71.8 cm³/mol. The van der Waals surface area contributed by atoms with Crippen LogP contribution in [0.4, 0.5) is 5.82 Å². The van der Waals surface area contributed by atoms with E-state index in [0.717, 1.165) is 16.9 Å². The molecule has 6 heteroatoms. The second kappa shape index (κ2) is 5.03. The Morgan fingerprint density at radius 3 is 3.00 bits per heavy atom. The maximum absolute atomic E-state index is 8.81. The molecule has 0 fully saturated rings.